The molecular weight excluding hydrogens is 526 g/mol. The molecule has 0 saturated carbocycles. The minimum absolute atomic E-state index is 0. The fraction of sp³-hybridized carbons (Fsp3) is 0. The molecule has 0 aromatic carbocycles. The monoisotopic (exact) mass is 528 g/mol. The fourth-order valence-corrected chi connectivity index (χ4v) is 0. The first-order chi connectivity index (χ1) is 0. The van der Waals surface area contributed by atoms with Crippen LogP contribution in [0.1, 0.15) is 0 Å². The van der Waals surface area contributed by atoms with E-state index in [0.717, 1.165) is 0 Å². The van der Waals surface area contributed by atoms with Gasteiger partial charge in [-0.15, -0.1) is 0 Å². The smallest absolute Gasteiger partial charge is 0 e. The number of hydrogen-bond donors (Lipinski definition) is 0. The summed E-state index contributed by atoms with van der Waals surface area (Å²) in [5, 5.41) is 0. The van der Waals surface area contributed by atoms with E-state index in [1.165, 1.54) is 0 Å². The van der Waals surface area contributed by atoms with Gasteiger partial charge in [-0.05, 0) is 0 Å². The quantitative estimate of drug-likeness (QED) is 0.365. The van der Waals surface area contributed by atoms with Crippen LogP contribution in [0.2, 0.25) is 0 Å². The van der Waals surface area contributed by atoms with Gasteiger partial charge >= 0.3 is 0 Å². The third-order valence-corrected chi connectivity index (χ3v) is 0. The van der Waals surface area contributed by atoms with Crippen molar-refractivity contribution in [2.45, 2.75) is 0 Å². The van der Waals surface area contributed by atoms with Crippen LogP contribution >= 0.6 is 0 Å². The molecule has 0 aliphatic carbocycles. The maximum Gasteiger partial charge on any atom is 0 e. The van der Waals surface area contributed by atoms with Crippen molar-refractivity contribution in [1.29, 1.82) is 0 Å². The molecule has 0 aliphatic heterocycles. The van der Waals surface area contributed by atoms with Crippen LogP contribution in [0.5, 0.6) is 0 Å². The van der Waals surface area contributed by atoms with Crippen molar-refractivity contribution in [3.8, 4) is 0 Å². The van der Waals surface area contributed by atoms with Crippen molar-refractivity contribution in [3.05, 3.63) is 0 Å². The number of rotatable bonds is 0. The Balaban J connectivity index is 0. The molecule has 0 aromatic heterocycles. The molecule has 5 heavy (non-hydrogen) atoms. The van der Waals surface area contributed by atoms with Crippen LogP contribution in [0.15, 0.2) is 0 Å². The Labute approximate surface area is 150 Å². The Morgan fingerprint density at radius 2 is 0.400 bits per heavy atom. The van der Waals surface area contributed by atoms with E-state index in [9.17, 15) is 0 Å². The Kier molecular flexibility index (Phi) is 149. The first-order valence-electron chi connectivity index (χ1n) is 0. The van der Waals surface area contributed by atoms with Gasteiger partial charge in [-0.1, -0.05) is 0 Å². The molecule has 0 aliphatic rings. The molecule has 0 bridgehead atoms. The molecule has 5 heteroatoms. The molecule has 0 aromatic rings. The maximum atomic E-state index is 0. The average molecular weight is 526 g/mol. The summed E-state index contributed by atoms with van der Waals surface area (Å²) in [6.07, 6.45) is 0. The Bertz CT molecular complexity index is 4.85. The van der Waals surface area contributed by atoms with Crippen molar-refractivity contribution < 1.29 is 120 Å². The third-order valence-electron chi connectivity index (χ3n) is 0. The summed E-state index contributed by atoms with van der Waals surface area (Å²) in [5.41, 5.74) is 0. The van der Waals surface area contributed by atoms with E-state index < -0.39 is 0 Å². The van der Waals surface area contributed by atoms with Crippen LogP contribution in [-0.2, 0) is 0 Å². The van der Waals surface area contributed by atoms with Gasteiger partial charge in [0.15, 0.2) is 0 Å². The zero-order valence-corrected chi connectivity index (χ0v) is 11.3. The van der Waals surface area contributed by atoms with Crippen molar-refractivity contribution >= 4 is 34.7 Å². The van der Waals surface area contributed by atoms with Crippen LogP contribution in [0.3, 0.4) is 0 Å². The topological polar surface area (TPSA) is 0 Å². The molecule has 0 heterocycles. The standard InChI is InChI=1S/2Al.3Gd. The molecule has 0 amide bonds. The molecule has 0 N–H and O–H groups in total. The van der Waals surface area contributed by atoms with Gasteiger partial charge in [0.05, 0.1) is 0 Å². The SMILES string of the molecule is [Al].[Al].[Gd].[Gd].[Gd]. The first kappa shape index (κ1) is 32.3. The number of hydrogen-bond acceptors (Lipinski definition) is 0. The van der Waals surface area contributed by atoms with Gasteiger partial charge in [0.1, 0.15) is 0 Å². The summed E-state index contributed by atoms with van der Waals surface area (Å²) in [5.74, 6) is 0. The molecule has 30 valence electrons. The van der Waals surface area contributed by atoms with Gasteiger partial charge in [-0.3, -0.25) is 0 Å². The summed E-state index contributed by atoms with van der Waals surface area (Å²) >= 11 is 0. The Morgan fingerprint density at radius 3 is 0.400 bits per heavy atom. The normalized spacial score (nSPS) is 0. The van der Waals surface area contributed by atoms with E-state index in [-0.39, 0.29) is 155 Å². The van der Waals surface area contributed by atoms with Crippen LogP contribution in [0.25, 0.3) is 0 Å². The second-order valence-electron chi connectivity index (χ2n) is 0. The minimum atomic E-state index is 0. The van der Waals surface area contributed by atoms with Gasteiger partial charge in [-0.25, -0.2) is 0 Å². The molecule has 6 radical (unpaired) electrons. The van der Waals surface area contributed by atoms with E-state index in [0.29, 0.717) is 0 Å². The zero-order chi connectivity index (χ0) is 0. The van der Waals surface area contributed by atoms with Crippen LogP contribution in [0, 0.1) is 120 Å². The summed E-state index contributed by atoms with van der Waals surface area (Å²) in [7, 11) is 0. The van der Waals surface area contributed by atoms with E-state index >= 15 is 0 Å². The molecule has 0 fully saturated rings. The predicted molar refractivity (Wildman–Crippen MR) is 11.5 cm³/mol. The summed E-state index contributed by atoms with van der Waals surface area (Å²) in [4.78, 5) is 0. The summed E-state index contributed by atoms with van der Waals surface area (Å²) < 4.78 is 0. The average Bonchev–Trinajstić information content (AvgIpc) is 0. The van der Waals surface area contributed by atoms with Gasteiger partial charge < -0.3 is 0 Å². The predicted octanol–water partition coefficient (Wildman–Crippen LogP) is -0.762. The Hall–Kier alpha value is 5.04. The van der Waals surface area contributed by atoms with Crippen LogP contribution < -0.4 is 0 Å². The van der Waals surface area contributed by atoms with Gasteiger partial charge in [0.25, 0.3) is 0 Å². The van der Waals surface area contributed by atoms with Crippen molar-refractivity contribution in [2.24, 2.45) is 0 Å². The third kappa shape index (κ3) is 17.6. The van der Waals surface area contributed by atoms with E-state index in [4.69, 9.17) is 0 Å². The van der Waals surface area contributed by atoms with Crippen LogP contribution in [0.4, 0.5) is 0 Å². The summed E-state index contributed by atoms with van der Waals surface area (Å²) in [6.45, 7) is 0. The molecule has 0 rings (SSSR count). The zero-order valence-electron chi connectivity index (χ0n) is 2.22. The molecule has 0 unspecified atom stereocenters. The largest absolute Gasteiger partial charge is 0 e. The molecule has 0 nitrogen and oxygen atoms in total. The fourth-order valence-electron chi connectivity index (χ4n) is 0. The summed E-state index contributed by atoms with van der Waals surface area (Å²) in [6, 6.07) is 0. The minimum Gasteiger partial charge on any atom is 0 e. The van der Waals surface area contributed by atoms with Gasteiger partial charge in [0.2, 0.25) is 0 Å². The van der Waals surface area contributed by atoms with Crippen molar-refractivity contribution in [1.82, 2.24) is 0 Å². The second-order valence-corrected chi connectivity index (χ2v) is 0. The van der Waals surface area contributed by atoms with Crippen LogP contribution in [-0.4, -0.2) is 34.7 Å². The van der Waals surface area contributed by atoms with Crippen molar-refractivity contribution in [3.63, 3.8) is 0 Å². The van der Waals surface area contributed by atoms with E-state index in [2.05, 4.69) is 0 Å². The van der Waals surface area contributed by atoms with E-state index in [1.54, 1.807) is 0 Å². The molecule has 0 saturated heterocycles. The van der Waals surface area contributed by atoms with Gasteiger partial charge in [-0.2, -0.15) is 0 Å². The molecule has 0 atom stereocenters. The maximum absolute atomic E-state index is 0. The second kappa shape index (κ2) is 23.0. The first-order valence-corrected chi connectivity index (χ1v) is 0. The van der Waals surface area contributed by atoms with Crippen molar-refractivity contribution in [2.75, 3.05) is 0 Å². The van der Waals surface area contributed by atoms with E-state index in [1.807, 2.05) is 0 Å². The van der Waals surface area contributed by atoms with Gasteiger partial charge in [0, 0.05) is 155 Å². The Morgan fingerprint density at radius 1 is 0.400 bits per heavy atom. The molecular formula is Al2Gd3. The molecule has 0 spiro atoms.